The molecule has 0 saturated heterocycles. The summed E-state index contributed by atoms with van der Waals surface area (Å²) in [5.41, 5.74) is -1.77. The highest BCUT2D eigenvalue weighted by molar-refractivity contribution is 6.48. The number of pyridine rings is 1. The summed E-state index contributed by atoms with van der Waals surface area (Å²) in [5, 5.41) is 13.4. The fraction of sp³-hybridized carbons (Fsp3) is 0.214. The lowest BCUT2D eigenvalue weighted by Gasteiger charge is -2.13. The summed E-state index contributed by atoms with van der Waals surface area (Å²) < 4.78 is 43.7. The van der Waals surface area contributed by atoms with E-state index < -0.39 is 22.4 Å². The largest absolute Gasteiger partial charge is 0.491 e. The molecule has 0 spiro atoms. The van der Waals surface area contributed by atoms with Crippen molar-refractivity contribution in [2.45, 2.75) is 6.18 Å². The third-order valence-electron chi connectivity index (χ3n) is 3.10. The predicted molar refractivity (Wildman–Crippen MR) is 96.4 cm³/mol. The lowest BCUT2D eigenvalue weighted by molar-refractivity contribution is -0.385. The van der Waals surface area contributed by atoms with Crippen LogP contribution in [-0.4, -0.2) is 23.1 Å². The zero-order valence-corrected chi connectivity index (χ0v) is 15.9. The Hall–Kier alpha value is -1.68. The summed E-state index contributed by atoms with van der Waals surface area (Å²) >= 11 is 23.5. The number of anilines is 1. The Kier molecular flexibility index (Phi) is 6.85. The number of nitro benzene ring substituents is 1. The van der Waals surface area contributed by atoms with Crippen LogP contribution in [0.3, 0.4) is 0 Å². The lowest BCUT2D eigenvalue weighted by Crippen LogP contribution is -2.13. The average Bonchev–Trinajstić information content (AvgIpc) is 2.58. The first-order valence-corrected chi connectivity index (χ1v) is 8.45. The van der Waals surface area contributed by atoms with E-state index in [0.29, 0.717) is 12.1 Å². The van der Waals surface area contributed by atoms with Gasteiger partial charge < -0.3 is 10.1 Å². The van der Waals surface area contributed by atoms with Gasteiger partial charge in [0.25, 0.3) is 5.69 Å². The second kappa shape index (κ2) is 8.55. The predicted octanol–water partition coefficient (Wildman–Crippen LogP) is 6.11. The number of nitrogens with one attached hydrogen (secondary N) is 1. The number of aromatic nitrogens is 1. The van der Waals surface area contributed by atoms with Crippen LogP contribution in [0.2, 0.25) is 20.4 Å². The van der Waals surface area contributed by atoms with Gasteiger partial charge in [0.05, 0.1) is 22.2 Å². The van der Waals surface area contributed by atoms with Crippen LogP contribution in [0.25, 0.3) is 0 Å². The molecule has 1 aromatic heterocycles. The molecule has 6 nitrogen and oxygen atoms in total. The molecule has 0 bridgehead atoms. The Balaban J connectivity index is 2.10. The Morgan fingerprint density at radius 2 is 1.70 bits per heavy atom. The first-order chi connectivity index (χ1) is 12.5. The Morgan fingerprint density at radius 3 is 2.22 bits per heavy atom. The fourth-order valence-electron chi connectivity index (χ4n) is 1.92. The maximum absolute atomic E-state index is 12.8. The van der Waals surface area contributed by atoms with Gasteiger partial charge in [-0.1, -0.05) is 46.4 Å². The van der Waals surface area contributed by atoms with Crippen molar-refractivity contribution in [3.8, 4) is 5.75 Å². The van der Waals surface area contributed by atoms with E-state index in [1.807, 2.05) is 0 Å². The van der Waals surface area contributed by atoms with Crippen molar-refractivity contribution >= 4 is 57.8 Å². The normalized spacial score (nSPS) is 11.4. The Bertz CT molecular complexity index is 855. The third kappa shape index (κ3) is 5.41. The number of alkyl halides is 3. The number of nitrogens with zero attached hydrogens (tertiary/aromatic N) is 2. The molecule has 0 aliphatic carbocycles. The number of ether oxygens (including phenoxy) is 1. The summed E-state index contributed by atoms with van der Waals surface area (Å²) in [6.07, 6.45) is -4.76. The number of hydrogen-bond acceptors (Lipinski definition) is 5. The molecule has 0 aliphatic heterocycles. The fourth-order valence-corrected chi connectivity index (χ4v) is 2.78. The zero-order chi connectivity index (χ0) is 20.4. The maximum atomic E-state index is 12.8. The van der Waals surface area contributed by atoms with Gasteiger partial charge >= 0.3 is 6.18 Å². The summed E-state index contributed by atoms with van der Waals surface area (Å²) in [5.74, 6) is -0.318. The molecule has 0 fully saturated rings. The molecule has 0 unspecified atom stereocenters. The van der Waals surface area contributed by atoms with E-state index in [4.69, 9.17) is 51.1 Å². The van der Waals surface area contributed by atoms with Crippen molar-refractivity contribution in [3.63, 3.8) is 0 Å². The second-order valence-corrected chi connectivity index (χ2v) is 6.41. The van der Waals surface area contributed by atoms with Crippen LogP contribution in [0.5, 0.6) is 5.75 Å². The summed E-state index contributed by atoms with van der Waals surface area (Å²) in [6.45, 7) is -0.136. The van der Waals surface area contributed by atoms with Gasteiger partial charge in [0.1, 0.15) is 22.4 Å². The smallest absolute Gasteiger partial charge is 0.416 e. The van der Waals surface area contributed by atoms with Crippen LogP contribution in [0.1, 0.15) is 5.56 Å². The zero-order valence-electron chi connectivity index (χ0n) is 12.9. The molecule has 0 atom stereocenters. The van der Waals surface area contributed by atoms with Crippen LogP contribution in [0.4, 0.5) is 24.5 Å². The highest BCUT2D eigenvalue weighted by Gasteiger charge is 2.33. The molecule has 146 valence electrons. The highest BCUT2D eigenvalue weighted by Crippen LogP contribution is 2.39. The van der Waals surface area contributed by atoms with Gasteiger partial charge in [-0.15, -0.1) is 0 Å². The van der Waals surface area contributed by atoms with E-state index in [-0.39, 0.29) is 44.9 Å². The summed E-state index contributed by atoms with van der Waals surface area (Å²) in [6, 6.07) is 1.97. The van der Waals surface area contributed by atoms with E-state index in [1.54, 1.807) is 0 Å². The van der Waals surface area contributed by atoms with E-state index in [9.17, 15) is 23.3 Å². The monoisotopic (exact) mass is 463 g/mol. The van der Waals surface area contributed by atoms with Crippen molar-refractivity contribution in [2.24, 2.45) is 0 Å². The number of hydrogen-bond donors (Lipinski definition) is 1. The number of halogens is 7. The molecule has 2 rings (SSSR count). The first-order valence-electron chi connectivity index (χ1n) is 6.94. The van der Waals surface area contributed by atoms with Crippen molar-refractivity contribution in [2.75, 3.05) is 18.5 Å². The van der Waals surface area contributed by atoms with Crippen molar-refractivity contribution in [1.29, 1.82) is 0 Å². The number of nitro groups is 1. The van der Waals surface area contributed by atoms with Crippen molar-refractivity contribution in [3.05, 3.63) is 54.2 Å². The standard InChI is InChI=1S/C14H8Cl4F3N3O3/c15-9-11(10(16)13(18)23-12(9)17)22-1-2-27-8-4-6(14(19,20)21)3-7(5-8)24(25)26/h3-5H,1-2H2,(H,22,23). The van der Waals surface area contributed by atoms with Crippen LogP contribution in [-0.2, 0) is 6.18 Å². The third-order valence-corrected chi connectivity index (χ3v) is 4.58. The van der Waals surface area contributed by atoms with Crippen LogP contribution in [0, 0.1) is 10.1 Å². The minimum Gasteiger partial charge on any atom is -0.491 e. The summed E-state index contributed by atoms with van der Waals surface area (Å²) in [7, 11) is 0. The minimum atomic E-state index is -4.76. The minimum absolute atomic E-state index is 0.000716. The molecule has 2 aromatic rings. The van der Waals surface area contributed by atoms with Gasteiger partial charge in [0.15, 0.2) is 10.3 Å². The van der Waals surface area contributed by atoms with E-state index in [2.05, 4.69) is 10.3 Å². The highest BCUT2D eigenvalue weighted by atomic mass is 35.5. The number of non-ortho nitro benzene ring substituents is 1. The Morgan fingerprint density at radius 1 is 1.11 bits per heavy atom. The molecule has 13 heteroatoms. The molecule has 1 heterocycles. The van der Waals surface area contributed by atoms with Gasteiger partial charge in [0.2, 0.25) is 0 Å². The molecular weight excluding hydrogens is 457 g/mol. The lowest BCUT2D eigenvalue weighted by atomic mass is 10.2. The van der Waals surface area contributed by atoms with Gasteiger partial charge in [-0.05, 0) is 6.07 Å². The molecule has 0 amide bonds. The molecular formula is C14H8Cl4F3N3O3. The molecule has 1 aromatic carbocycles. The topological polar surface area (TPSA) is 77.3 Å². The van der Waals surface area contributed by atoms with E-state index in [1.165, 1.54) is 0 Å². The van der Waals surface area contributed by atoms with Crippen LogP contribution in [0.15, 0.2) is 18.2 Å². The van der Waals surface area contributed by atoms with E-state index >= 15 is 0 Å². The Labute approximate surface area is 170 Å². The molecule has 1 N–H and O–H groups in total. The maximum Gasteiger partial charge on any atom is 0.416 e. The molecule has 0 radical (unpaired) electrons. The molecule has 27 heavy (non-hydrogen) atoms. The van der Waals surface area contributed by atoms with Crippen molar-refractivity contribution in [1.82, 2.24) is 4.98 Å². The first kappa shape index (κ1) is 21.6. The number of benzene rings is 1. The number of rotatable bonds is 6. The average molecular weight is 465 g/mol. The van der Waals surface area contributed by atoms with Gasteiger partial charge in [0, 0.05) is 12.6 Å². The van der Waals surface area contributed by atoms with E-state index in [0.717, 1.165) is 6.07 Å². The van der Waals surface area contributed by atoms with Crippen LogP contribution < -0.4 is 10.1 Å². The van der Waals surface area contributed by atoms with Crippen molar-refractivity contribution < 1.29 is 22.8 Å². The SMILES string of the molecule is O=[N+]([O-])c1cc(OCCNc2c(Cl)c(Cl)nc(Cl)c2Cl)cc(C(F)(F)F)c1. The van der Waals surface area contributed by atoms with Crippen LogP contribution >= 0.6 is 46.4 Å². The van der Waals surface area contributed by atoms with Gasteiger partial charge in [-0.25, -0.2) is 4.98 Å². The molecule has 0 saturated carbocycles. The quantitative estimate of drug-likeness (QED) is 0.241. The van der Waals surface area contributed by atoms with Gasteiger partial charge in [-0.3, -0.25) is 10.1 Å². The molecule has 0 aliphatic rings. The summed E-state index contributed by atoms with van der Waals surface area (Å²) in [4.78, 5) is 13.5. The second-order valence-electron chi connectivity index (χ2n) is 4.94. The van der Waals surface area contributed by atoms with Gasteiger partial charge in [-0.2, -0.15) is 13.2 Å².